The zero-order valence-corrected chi connectivity index (χ0v) is 16.8. The topological polar surface area (TPSA) is 39.4 Å². The van der Waals surface area contributed by atoms with Crippen LogP contribution in [0, 0.1) is 6.92 Å². The number of hydrogen-bond donors (Lipinski definition) is 0. The number of aryl methyl sites for hydroxylation is 2. The van der Waals surface area contributed by atoms with Crippen molar-refractivity contribution in [1.29, 1.82) is 0 Å². The van der Waals surface area contributed by atoms with Gasteiger partial charge in [-0.25, -0.2) is 4.79 Å². The first-order valence-corrected chi connectivity index (χ1v) is 9.98. The van der Waals surface area contributed by atoms with Gasteiger partial charge in [0.15, 0.2) is 0 Å². The molecule has 4 rings (SSSR count). The van der Waals surface area contributed by atoms with Gasteiger partial charge in [0, 0.05) is 17.5 Å². The lowest BCUT2D eigenvalue weighted by molar-refractivity contribution is 0.302. The molecular formula is C26H24O3. The summed E-state index contributed by atoms with van der Waals surface area (Å²) in [6, 6.07) is 23.8. The smallest absolute Gasteiger partial charge is 0.336 e. The van der Waals surface area contributed by atoms with E-state index < -0.39 is 0 Å². The molecule has 0 aliphatic carbocycles. The molecule has 3 aromatic carbocycles. The molecule has 0 aliphatic rings. The zero-order valence-electron chi connectivity index (χ0n) is 16.8. The van der Waals surface area contributed by atoms with Gasteiger partial charge < -0.3 is 9.15 Å². The van der Waals surface area contributed by atoms with Crippen molar-refractivity contribution in [2.24, 2.45) is 0 Å². The van der Waals surface area contributed by atoms with Gasteiger partial charge in [-0.15, -0.1) is 0 Å². The molecule has 3 heteroatoms. The minimum absolute atomic E-state index is 0.357. The van der Waals surface area contributed by atoms with Gasteiger partial charge in [-0.2, -0.15) is 0 Å². The molecule has 0 radical (unpaired) electrons. The average Bonchev–Trinajstić information content (AvgIpc) is 2.74. The lowest BCUT2D eigenvalue weighted by Crippen LogP contribution is -2.02. The van der Waals surface area contributed by atoms with E-state index in [0.29, 0.717) is 12.2 Å². The SMILES string of the molecule is CCCc1cc2c(-c3ccccc3)cc(=O)oc2cc1OCc1ccc(C)cc1. The number of fused-ring (bicyclic) bond motifs is 1. The monoisotopic (exact) mass is 384 g/mol. The standard InChI is InChI=1S/C26H24O3/c1-3-7-21-14-23-22(20-8-5-4-6-9-20)15-26(27)29-25(23)16-24(21)28-17-19-12-10-18(2)11-13-19/h4-6,8-16H,3,7,17H2,1-2H3. The third kappa shape index (κ3) is 4.24. The second-order valence-electron chi connectivity index (χ2n) is 7.33. The molecule has 0 saturated heterocycles. The summed E-state index contributed by atoms with van der Waals surface area (Å²) in [7, 11) is 0. The molecule has 0 aliphatic heterocycles. The Morgan fingerprint density at radius 3 is 2.41 bits per heavy atom. The molecule has 146 valence electrons. The summed E-state index contributed by atoms with van der Waals surface area (Å²) in [4.78, 5) is 12.2. The second-order valence-corrected chi connectivity index (χ2v) is 7.33. The van der Waals surface area contributed by atoms with E-state index in [4.69, 9.17) is 9.15 Å². The van der Waals surface area contributed by atoms with Crippen molar-refractivity contribution in [3.8, 4) is 16.9 Å². The van der Waals surface area contributed by atoms with Crippen molar-refractivity contribution in [3.05, 3.63) is 99.9 Å². The predicted molar refractivity (Wildman–Crippen MR) is 117 cm³/mol. The minimum atomic E-state index is -0.357. The summed E-state index contributed by atoms with van der Waals surface area (Å²) in [6.07, 6.45) is 1.90. The lowest BCUT2D eigenvalue weighted by atomic mass is 9.98. The highest BCUT2D eigenvalue weighted by molar-refractivity contribution is 5.94. The van der Waals surface area contributed by atoms with E-state index in [9.17, 15) is 4.79 Å². The molecule has 0 spiro atoms. The normalized spacial score (nSPS) is 11.0. The summed E-state index contributed by atoms with van der Waals surface area (Å²) < 4.78 is 11.7. The van der Waals surface area contributed by atoms with E-state index in [1.165, 1.54) is 5.56 Å². The van der Waals surface area contributed by atoms with Crippen LogP contribution in [0.5, 0.6) is 5.75 Å². The van der Waals surface area contributed by atoms with Gasteiger partial charge in [0.1, 0.15) is 17.9 Å². The van der Waals surface area contributed by atoms with Crippen LogP contribution in [0.15, 0.2) is 82.0 Å². The van der Waals surface area contributed by atoms with Crippen LogP contribution in [0.1, 0.15) is 30.0 Å². The fourth-order valence-corrected chi connectivity index (χ4v) is 3.54. The summed E-state index contributed by atoms with van der Waals surface area (Å²) in [5, 5.41) is 0.932. The first-order chi connectivity index (χ1) is 14.1. The fraction of sp³-hybridized carbons (Fsp3) is 0.192. The molecular weight excluding hydrogens is 360 g/mol. The van der Waals surface area contributed by atoms with Crippen molar-refractivity contribution in [3.63, 3.8) is 0 Å². The Morgan fingerprint density at radius 2 is 1.69 bits per heavy atom. The van der Waals surface area contributed by atoms with Gasteiger partial charge in [0.2, 0.25) is 0 Å². The van der Waals surface area contributed by atoms with Gasteiger partial charge >= 0.3 is 5.63 Å². The Kier molecular flexibility index (Phi) is 5.48. The first kappa shape index (κ1) is 19.0. The maximum absolute atomic E-state index is 12.2. The molecule has 4 aromatic rings. The third-order valence-corrected chi connectivity index (χ3v) is 5.04. The summed E-state index contributed by atoms with van der Waals surface area (Å²) >= 11 is 0. The van der Waals surface area contributed by atoms with Crippen LogP contribution in [0.3, 0.4) is 0 Å². The van der Waals surface area contributed by atoms with Gasteiger partial charge in [0.25, 0.3) is 0 Å². The molecule has 3 nitrogen and oxygen atoms in total. The van der Waals surface area contributed by atoms with E-state index in [1.54, 1.807) is 6.07 Å². The molecule has 1 aromatic heterocycles. The van der Waals surface area contributed by atoms with E-state index in [0.717, 1.165) is 46.2 Å². The summed E-state index contributed by atoms with van der Waals surface area (Å²) in [6.45, 7) is 4.70. The van der Waals surface area contributed by atoms with Crippen molar-refractivity contribution in [2.45, 2.75) is 33.3 Å². The molecule has 0 atom stereocenters. The van der Waals surface area contributed by atoms with Crippen molar-refractivity contribution >= 4 is 11.0 Å². The van der Waals surface area contributed by atoms with Crippen LogP contribution >= 0.6 is 0 Å². The Labute approximate surface area is 170 Å². The second kappa shape index (κ2) is 8.36. The molecule has 1 heterocycles. The van der Waals surface area contributed by atoms with Crippen LogP contribution in [0.25, 0.3) is 22.1 Å². The highest BCUT2D eigenvalue weighted by Gasteiger charge is 2.13. The quantitative estimate of drug-likeness (QED) is 0.366. The van der Waals surface area contributed by atoms with Gasteiger partial charge in [-0.1, -0.05) is 73.5 Å². The zero-order chi connectivity index (χ0) is 20.2. The van der Waals surface area contributed by atoms with Crippen LogP contribution in [-0.2, 0) is 13.0 Å². The molecule has 0 bridgehead atoms. The molecule has 0 amide bonds. The number of ether oxygens (including phenoxy) is 1. The maximum atomic E-state index is 12.2. The summed E-state index contributed by atoms with van der Waals surface area (Å²) in [5.41, 5.74) is 5.54. The van der Waals surface area contributed by atoms with E-state index in [1.807, 2.05) is 36.4 Å². The number of hydrogen-bond acceptors (Lipinski definition) is 3. The van der Waals surface area contributed by atoms with Crippen LogP contribution in [0.2, 0.25) is 0 Å². The summed E-state index contributed by atoms with van der Waals surface area (Å²) in [5.74, 6) is 0.772. The Morgan fingerprint density at radius 1 is 0.931 bits per heavy atom. The molecule has 0 saturated carbocycles. The largest absolute Gasteiger partial charge is 0.488 e. The predicted octanol–water partition coefficient (Wildman–Crippen LogP) is 6.30. The Bertz CT molecular complexity index is 1170. The number of benzene rings is 3. The van der Waals surface area contributed by atoms with E-state index >= 15 is 0 Å². The molecule has 0 N–H and O–H groups in total. The highest BCUT2D eigenvalue weighted by atomic mass is 16.5. The maximum Gasteiger partial charge on any atom is 0.336 e. The third-order valence-electron chi connectivity index (χ3n) is 5.04. The van der Waals surface area contributed by atoms with Crippen molar-refractivity contribution < 1.29 is 9.15 Å². The molecule has 0 unspecified atom stereocenters. The Balaban J connectivity index is 1.77. The van der Waals surface area contributed by atoms with Gasteiger partial charge in [-0.05, 0) is 41.7 Å². The first-order valence-electron chi connectivity index (χ1n) is 9.98. The van der Waals surface area contributed by atoms with E-state index in [2.05, 4.69) is 44.2 Å². The Hall–Kier alpha value is -3.33. The van der Waals surface area contributed by atoms with Gasteiger partial charge in [-0.3, -0.25) is 0 Å². The van der Waals surface area contributed by atoms with Gasteiger partial charge in [0.05, 0.1) is 0 Å². The molecule has 0 fully saturated rings. The van der Waals surface area contributed by atoms with Crippen LogP contribution in [0.4, 0.5) is 0 Å². The highest BCUT2D eigenvalue weighted by Crippen LogP contribution is 2.33. The van der Waals surface area contributed by atoms with Crippen molar-refractivity contribution in [2.75, 3.05) is 0 Å². The van der Waals surface area contributed by atoms with Crippen LogP contribution in [-0.4, -0.2) is 0 Å². The minimum Gasteiger partial charge on any atom is -0.488 e. The molecule has 29 heavy (non-hydrogen) atoms. The van der Waals surface area contributed by atoms with Crippen LogP contribution < -0.4 is 10.4 Å². The van der Waals surface area contributed by atoms with E-state index in [-0.39, 0.29) is 5.63 Å². The average molecular weight is 384 g/mol. The van der Waals surface area contributed by atoms with Crippen molar-refractivity contribution in [1.82, 2.24) is 0 Å². The lowest BCUT2D eigenvalue weighted by Gasteiger charge is -2.14. The number of rotatable bonds is 6. The fourth-order valence-electron chi connectivity index (χ4n) is 3.54.